The highest BCUT2D eigenvalue weighted by molar-refractivity contribution is 5.97. The minimum absolute atomic E-state index is 0.0113. The van der Waals surface area contributed by atoms with Crippen molar-refractivity contribution in [2.45, 2.75) is 37.6 Å². The number of hydrogen-bond donors (Lipinski definition) is 2. The predicted octanol–water partition coefficient (Wildman–Crippen LogP) is 3.55. The van der Waals surface area contributed by atoms with E-state index in [4.69, 9.17) is 16.6 Å². The number of ether oxygens (including phenoxy) is 2. The molecule has 1 aliphatic rings. The summed E-state index contributed by atoms with van der Waals surface area (Å²) in [6.45, 7) is 1.89. The topological polar surface area (TPSA) is 104 Å². The van der Waals surface area contributed by atoms with Crippen LogP contribution in [-0.2, 0) is 9.53 Å². The first-order chi connectivity index (χ1) is 15.7. The number of rotatable bonds is 5. The van der Waals surface area contributed by atoms with Crippen LogP contribution in [-0.4, -0.2) is 41.8 Å². The van der Waals surface area contributed by atoms with Gasteiger partial charge in [0.25, 0.3) is 11.8 Å². The summed E-state index contributed by atoms with van der Waals surface area (Å²) in [5.74, 6) is -8.81. The molecule has 2 aromatic rings. The maximum atomic E-state index is 14.5. The lowest BCUT2D eigenvalue weighted by Gasteiger charge is -2.32. The number of halogens is 5. The van der Waals surface area contributed by atoms with E-state index in [0.29, 0.717) is 0 Å². The summed E-state index contributed by atoms with van der Waals surface area (Å²) in [6, 6.07) is 2.25. The molecular weight excluding hydrogens is 453 g/mol. The van der Waals surface area contributed by atoms with Crippen molar-refractivity contribution in [2.24, 2.45) is 11.7 Å². The summed E-state index contributed by atoms with van der Waals surface area (Å²) in [5, 5.41) is 2.33. The Labute approximate surface area is 186 Å². The smallest absolute Gasteiger partial charge is 0.417 e. The monoisotopic (exact) mass is 474 g/mol. The molecule has 1 aliphatic heterocycles. The van der Waals surface area contributed by atoms with Gasteiger partial charge < -0.3 is 20.5 Å². The molecule has 1 aromatic carbocycles. The van der Waals surface area contributed by atoms with Crippen molar-refractivity contribution in [1.82, 2.24) is 4.98 Å². The third-order valence-electron chi connectivity index (χ3n) is 5.78. The van der Waals surface area contributed by atoms with Gasteiger partial charge in [0.1, 0.15) is 11.8 Å². The number of pyridine rings is 1. The molecule has 0 unspecified atom stereocenters. The highest BCUT2D eigenvalue weighted by Crippen LogP contribution is 2.55. The summed E-state index contributed by atoms with van der Waals surface area (Å²) in [7, 11) is 0.978. The van der Waals surface area contributed by atoms with E-state index in [9.17, 15) is 31.5 Å². The zero-order chi connectivity index (χ0) is 25.6. The largest absolute Gasteiger partial charge is 0.493 e. The van der Waals surface area contributed by atoms with Gasteiger partial charge in [0.05, 0.1) is 8.48 Å². The molecule has 0 spiro atoms. The molecule has 2 heterocycles. The van der Waals surface area contributed by atoms with Crippen LogP contribution in [0.3, 0.4) is 0 Å². The van der Waals surface area contributed by atoms with E-state index in [1.165, 1.54) is 6.07 Å². The molecule has 1 aromatic heterocycles. The maximum absolute atomic E-state index is 14.5. The van der Waals surface area contributed by atoms with Crippen molar-refractivity contribution in [3.05, 3.63) is 53.3 Å². The van der Waals surface area contributed by atoms with Gasteiger partial charge in [0.2, 0.25) is 5.82 Å². The number of benzene rings is 1. The Morgan fingerprint density at radius 2 is 2.00 bits per heavy atom. The Morgan fingerprint density at radius 1 is 1.33 bits per heavy atom. The van der Waals surface area contributed by atoms with Gasteiger partial charge in [-0.15, -0.1) is 0 Å². The first kappa shape index (κ1) is 22.9. The molecule has 2 amide bonds. The summed E-state index contributed by atoms with van der Waals surface area (Å²) in [5.41, 5.74) is 1.74. The maximum Gasteiger partial charge on any atom is 0.417 e. The Morgan fingerprint density at radius 3 is 2.58 bits per heavy atom. The van der Waals surface area contributed by atoms with Crippen molar-refractivity contribution < 1.29 is 42.4 Å². The summed E-state index contributed by atoms with van der Waals surface area (Å²) >= 11 is 0. The van der Waals surface area contributed by atoms with E-state index < -0.39 is 65.0 Å². The van der Waals surface area contributed by atoms with Gasteiger partial charge in [-0.05, 0) is 25.1 Å². The lowest BCUT2D eigenvalue weighted by molar-refractivity contribution is -0.272. The van der Waals surface area contributed by atoms with Gasteiger partial charge in [-0.2, -0.15) is 17.6 Å². The number of aromatic nitrogens is 1. The van der Waals surface area contributed by atoms with Crippen LogP contribution in [0.1, 0.15) is 37.2 Å². The van der Waals surface area contributed by atoms with Crippen LogP contribution in [0.4, 0.5) is 27.6 Å². The van der Waals surface area contributed by atoms with Gasteiger partial charge in [-0.3, -0.25) is 14.6 Å². The number of primary amides is 1. The predicted molar refractivity (Wildman–Crippen MR) is 106 cm³/mol. The lowest BCUT2D eigenvalue weighted by Crippen LogP contribution is -2.47. The van der Waals surface area contributed by atoms with E-state index in [0.717, 1.165) is 39.3 Å². The number of nitrogens with two attached hydrogens (primary N) is 1. The molecule has 3 rings (SSSR count). The van der Waals surface area contributed by atoms with E-state index >= 15 is 0 Å². The first-order valence-corrected chi connectivity index (χ1v) is 9.56. The number of amides is 2. The average Bonchev–Trinajstić information content (AvgIpc) is 3.04. The van der Waals surface area contributed by atoms with Crippen molar-refractivity contribution in [3.8, 4) is 5.75 Å². The van der Waals surface area contributed by atoms with Crippen LogP contribution in [0.25, 0.3) is 0 Å². The Hall–Kier alpha value is -3.28. The Kier molecular flexibility index (Phi) is 5.95. The summed E-state index contributed by atoms with van der Waals surface area (Å²) < 4.78 is 88.2. The molecule has 0 bridgehead atoms. The fourth-order valence-electron chi connectivity index (χ4n) is 3.83. The van der Waals surface area contributed by atoms with Crippen LogP contribution >= 0.6 is 0 Å². The molecule has 7 nitrogen and oxygen atoms in total. The van der Waals surface area contributed by atoms with Crippen LogP contribution in [0.2, 0.25) is 0 Å². The van der Waals surface area contributed by atoms with Gasteiger partial charge >= 0.3 is 6.18 Å². The second-order valence-corrected chi connectivity index (χ2v) is 7.65. The van der Waals surface area contributed by atoms with Crippen molar-refractivity contribution in [3.63, 3.8) is 0 Å². The fraction of sp³-hybridized carbons (Fsp3) is 0.381. The number of hydrogen-bond acceptors (Lipinski definition) is 5. The van der Waals surface area contributed by atoms with Crippen molar-refractivity contribution >= 4 is 17.5 Å². The fourth-order valence-corrected chi connectivity index (χ4v) is 3.83. The van der Waals surface area contributed by atoms with Gasteiger partial charge in [0.15, 0.2) is 17.2 Å². The molecule has 33 heavy (non-hydrogen) atoms. The molecule has 3 N–H and O–H groups in total. The number of nitrogens with one attached hydrogen (secondary N) is 1. The van der Waals surface area contributed by atoms with Gasteiger partial charge in [0, 0.05) is 29.3 Å². The van der Waals surface area contributed by atoms with E-state index in [-0.39, 0.29) is 16.9 Å². The second-order valence-electron chi connectivity index (χ2n) is 7.65. The highest BCUT2D eigenvalue weighted by atomic mass is 19.4. The lowest BCUT2D eigenvalue weighted by atomic mass is 9.77. The highest BCUT2D eigenvalue weighted by Gasteiger charge is 2.65. The normalized spacial score (nSPS) is 25.5. The van der Waals surface area contributed by atoms with E-state index in [2.05, 4.69) is 10.3 Å². The zero-order valence-electron chi connectivity index (χ0n) is 18.6. The van der Waals surface area contributed by atoms with Crippen LogP contribution in [0, 0.1) is 17.6 Å². The second kappa shape index (κ2) is 8.58. The molecule has 1 saturated heterocycles. The van der Waals surface area contributed by atoms with Gasteiger partial charge in [-0.1, -0.05) is 13.0 Å². The Balaban J connectivity index is 2.12. The standard InChI is InChI=1S/C21H20F5N3O4/c1-9-14(11-4-5-12(22)15(23)16(11)32-3)17(33-20(9,2)21(24,25)26)19(31)29-10-6-7-28-13(8-10)18(27)30/h4-9,14,17H,1-3H3,(H2,27,30)(H,28,29,31)/t9-,14-,17-,20+/m1/s1/i5D. The molecule has 0 aliphatic carbocycles. The third kappa shape index (κ3) is 4.22. The van der Waals surface area contributed by atoms with Crippen LogP contribution < -0.4 is 15.8 Å². The average molecular weight is 474 g/mol. The minimum atomic E-state index is -4.94. The van der Waals surface area contributed by atoms with E-state index in [1.54, 1.807) is 0 Å². The Bertz CT molecular complexity index is 1150. The number of nitrogens with zero attached hydrogens (tertiary/aromatic N) is 1. The first-order valence-electron chi connectivity index (χ1n) is 10.1. The van der Waals surface area contributed by atoms with Crippen molar-refractivity contribution in [1.29, 1.82) is 0 Å². The zero-order valence-corrected chi connectivity index (χ0v) is 17.6. The number of anilines is 1. The number of methoxy groups -OCH3 is 1. The SMILES string of the molecule is [2H]c1cc([C@H]2[C@@H](C)[C@@](C)(C(F)(F)F)O[C@H]2C(=O)Nc2ccnc(C(N)=O)c2)c(OC)c(F)c1F. The third-order valence-corrected chi connectivity index (χ3v) is 5.78. The minimum Gasteiger partial charge on any atom is -0.493 e. The van der Waals surface area contributed by atoms with Crippen LogP contribution in [0.15, 0.2) is 30.4 Å². The number of carbonyl (C=O) groups is 2. The molecule has 1 fully saturated rings. The summed E-state index contributed by atoms with van der Waals surface area (Å²) in [4.78, 5) is 28.1. The van der Waals surface area contributed by atoms with Crippen LogP contribution in [0.5, 0.6) is 5.75 Å². The molecule has 0 saturated carbocycles. The summed E-state index contributed by atoms with van der Waals surface area (Å²) in [6.07, 6.45) is -5.65. The van der Waals surface area contributed by atoms with Crippen molar-refractivity contribution in [2.75, 3.05) is 12.4 Å². The van der Waals surface area contributed by atoms with E-state index in [1.807, 2.05) is 0 Å². The number of carbonyl (C=O) groups excluding carboxylic acids is 2. The molecule has 4 atom stereocenters. The van der Waals surface area contributed by atoms with Gasteiger partial charge in [-0.25, -0.2) is 4.39 Å². The molecule has 0 radical (unpaired) electrons. The molecule has 12 heteroatoms. The number of alkyl halides is 3. The molecule has 178 valence electrons. The molecular formula is C21H20F5N3O4. The quantitative estimate of drug-likeness (QED) is 0.646.